The van der Waals surface area contributed by atoms with Crippen molar-refractivity contribution in [3.63, 3.8) is 0 Å². The fraction of sp³-hybridized carbons (Fsp3) is 0.235. The summed E-state index contributed by atoms with van der Waals surface area (Å²) < 4.78 is 0. The number of benzene rings is 2. The second kappa shape index (κ2) is 6.49. The SMILES string of the molecule is O=C(NC1CCC1c1ccc(Cl)cc1)c1c(Cl)cccc1Cl. The molecule has 114 valence electrons. The van der Waals surface area contributed by atoms with Crippen LogP contribution in [-0.2, 0) is 0 Å². The molecule has 2 unspecified atom stereocenters. The Labute approximate surface area is 144 Å². The maximum atomic E-state index is 12.4. The Hall–Kier alpha value is -1.22. The van der Waals surface area contributed by atoms with Crippen molar-refractivity contribution in [2.24, 2.45) is 0 Å². The molecular weight excluding hydrogens is 341 g/mol. The van der Waals surface area contributed by atoms with E-state index >= 15 is 0 Å². The zero-order valence-electron chi connectivity index (χ0n) is 11.7. The normalized spacial score (nSPS) is 20.3. The fourth-order valence-corrected chi connectivity index (χ4v) is 3.43. The predicted molar refractivity (Wildman–Crippen MR) is 91.1 cm³/mol. The van der Waals surface area contributed by atoms with Gasteiger partial charge in [0.2, 0.25) is 0 Å². The number of carbonyl (C=O) groups excluding carboxylic acids is 1. The Morgan fingerprint density at radius 1 is 0.955 bits per heavy atom. The van der Waals surface area contributed by atoms with Gasteiger partial charge in [0.25, 0.3) is 5.91 Å². The van der Waals surface area contributed by atoms with Crippen molar-refractivity contribution in [3.8, 4) is 0 Å². The molecule has 0 aromatic heterocycles. The lowest BCUT2D eigenvalue weighted by molar-refractivity contribution is 0.0905. The van der Waals surface area contributed by atoms with Crippen LogP contribution in [0.15, 0.2) is 42.5 Å². The van der Waals surface area contributed by atoms with Crippen LogP contribution in [-0.4, -0.2) is 11.9 Å². The lowest BCUT2D eigenvalue weighted by Crippen LogP contribution is -2.45. The summed E-state index contributed by atoms with van der Waals surface area (Å²) in [7, 11) is 0. The summed E-state index contributed by atoms with van der Waals surface area (Å²) in [5, 5.41) is 4.49. The Bertz CT molecular complexity index is 679. The third-order valence-electron chi connectivity index (χ3n) is 4.08. The molecule has 0 bridgehead atoms. The molecule has 0 spiro atoms. The quantitative estimate of drug-likeness (QED) is 0.793. The summed E-state index contributed by atoms with van der Waals surface area (Å²) in [6.07, 6.45) is 1.99. The summed E-state index contributed by atoms with van der Waals surface area (Å²) >= 11 is 18.1. The van der Waals surface area contributed by atoms with Gasteiger partial charge in [0.15, 0.2) is 0 Å². The molecule has 1 N–H and O–H groups in total. The fourth-order valence-electron chi connectivity index (χ4n) is 2.74. The zero-order valence-corrected chi connectivity index (χ0v) is 13.9. The average Bonchev–Trinajstić information content (AvgIpc) is 2.46. The van der Waals surface area contributed by atoms with Gasteiger partial charge in [-0.3, -0.25) is 4.79 Å². The van der Waals surface area contributed by atoms with E-state index in [2.05, 4.69) is 5.32 Å². The minimum atomic E-state index is -0.223. The van der Waals surface area contributed by atoms with Crippen LogP contribution in [0.2, 0.25) is 15.1 Å². The summed E-state index contributed by atoms with van der Waals surface area (Å²) in [5.41, 5.74) is 1.53. The number of halogens is 3. The largest absolute Gasteiger partial charge is 0.349 e. The van der Waals surface area contributed by atoms with Crippen molar-refractivity contribution in [1.82, 2.24) is 5.32 Å². The topological polar surface area (TPSA) is 29.1 Å². The molecular formula is C17H14Cl3NO. The molecule has 2 aromatic carbocycles. The van der Waals surface area contributed by atoms with Gasteiger partial charge >= 0.3 is 0 Å². The number of rotatable bonds is 3. The highest BCUT2D eigenvalue weighted by molar-refractivity contribution is 6.39. The van der Waals surface area contributed by atoms with Gasteiger partial charge in [0.05, 0.1) is 15.6 Å². The number of carbonyl (C=O) groups is 1. The van der Waals surface area contributed by atoms with Crippen molar-refractivity contribution in [1.29, 1.82) is 0 Å². The van der Waals surface area contributed by atoms with Crippen LogP contribution in [0.4, 0.5) is 0 Å². The number of hydrogen-bond acceptors (Lipinski definition) is 1. The molecule has 2 nitrogen and oxygen atoms in total. The molecule has 2 aromatic rings. The molecule has 5 heteroatoms. The highest BCUT2D eigenvalue weighted by Gasteiger charge is 2.34. The number of nitrogens with one attached hydrogen (secondary N) is 1. The smallest absolute Gasteiger partial charge is 0.254 e. The van der Waals surface area contributed by atoms with E-state index < -0.39 is 0 Å². The zero-order chi connectivity index (χ0) is 15.7. The monoisotopic (exact) mass is 353 g/mol. The van der Waals surface area contributed by atoms with Crippen molar-refractivity contribution in [3.05, 3.63) is 68.7 Å². The van der Waals surface area contributed by atoms with E-state index in [4.69, 9.17) is 34.8 Å². The standard InChI is InChI=1S/C17H14Cl3NO/c18-11-6-4-10(5-7-11)12-8-9-15(12)21-17(22)16-13(19)2-1-3-14(16)20/h1-7,12,15H,8-9H2,(H,21,22). The molecule has 0 saturated heterocycles. The predicted octanol–water partition coefficient (Wildman–Crippen LogP) is 5.32. The Morgan fingerprint density at radius 3 is 2.14 bits per heavy atom. The first kappa shape index (κ1) is 15.7. The van der Waals surface area contributed by atoms with E-state index in [0.29, 0.717) is 26.5 Å². The highest BCUT2D eigenvalue weighted by Crippen LogP contribution is 2.38. The molecule has 22 heavy (non-hydrogen) atoms. The lowest BCUT2D eigenvalue weighted by Gasteiger charge is -2.37. The molecule has 1 amide bonds. The molecule has 1 saturated carbocycles. The molecule has 0 aliphatic heterocycles. The van der Waals surface area contributed by atoms with Gasteiger partial charge in [0, 0.05) is 17.0 Å². The van der Waals surface area contributed by atoms with Gasteiger partial charge in [0.1, 0.15) is 0 Å². The molecule has 0 radical (unpaired) electrons. The molecule has 1 aliphatic carbocycles. The Balaban J connectivity index is 1.73. The van der Waals surface area contributed by atoms with E-state index in [0.717, 1.165) is 12.8 Å². The average molecular weight is 355 g/mol. The van der Waals surface area contributed by atoms with Crippen molar-refractivity contribution in [2.75, 3.05) is 0 Å². The first-order valence-corrected chi connectivity index (χ1v) is 8.20. The van der Waals surface area contributed by atoms with E-state index in [1.54, 1.807) is 18.2 Å². The van der Waals surface area contributed by atoms with Crippen LogP contribution in [0.5, 0.6) is 0 Å². The summed E-state index contributed by atoms with van der Waals surface area (Å²) in [4.78, 5) is 12.4. The third kappa shape index (κ3) is 3.10. The Morgan fingerprint density at radius 2 is 1.59 bits per heavy atom. The molecule has 1 fully saturated rings. The van der Waals surface area contributed by atoms with Crippen LogP contribution in [0.3, 0.4) is 0 Å². The Kier molecular flexibility index (Phi) is 4.62. The van der Waals surface area contributed by atoms with E-state index in [1.165, 1.54) is 5.56 Å². The summed E-state index contributed by atoms with van der Waals surface area (Å²) in [5.74, 6) is 0.0849. The molecule has 1 aliphatic rings. The lowest BCUT2D eigenvalue weighted by atomic mass is 9.75. The number of hydrogen-bond donors (Lipinski definition) is 1. The van der Waals surface area contributed by atoms with Crippen LogP contribution in [0.25, 0.3) is 0 Å². The second-order valence-corrected chi connectivity index (χ2v) is 6.66. The minimum absolute atomic E-state index is 0.0982. The van der Waals surface area contributed by atoms with Crippen LogP contribution in [0, 0.1) is 0 Å². The van der Waals surface area contributed by atoms with Gasteiger partial charge in [-0.05, 0) is 42.7 Å². The van der Waals surface area contributed by atoms with Crippen LogP contribution >= 0.6 is 34.8 Å². The first-order valence-electron chi connectivity index (χ1n) is 7.06. The maximum Gasteiger partial charge on any atom is 0.254 e. The minimum Gasteiger partial charge on any atom is -0.349 e. The van der Waals surface area contributed by atoms with Gasteiger partial charge in [-0.2, -0.15) is 0 Å². The van der Waals surface area contributed by atoms with Crippen molar-refractivity contribution < 1.29 is 4.79 Å². The number of amides is 1. The molecule has 2 atom stereocenters. The first-order chi connectivity index (χ1) is 10.6. The van der Waals surface area contributed by atoms with Gasteiger partial charge in [-0.25, -0.2) is 0 Å². The van der Waals surface area contributed by atoms with E-state index in [9.17, 15) is 4.79 Å². The molecule has 3 rings (SSSR count). The highest BCUT2D eigenvalue weighted by atomic mass is 35.5. The van der Waals surface area contributed by atoms with Crippen LogP contribution in [0.1, 0.15) is 34.7 Å². The van der Waals surface area contributed by atoms with E-state index in [1.807, 2.05) is 24.3 Å². The van der Waals surface area contributed by atoms with E-state index in [-0.39, 0.29) is 11.9 Å². The second-order valence-electron chi connectivity index (χ2n) is 5.41. The summed E-state index contributed by atoms with van der Waals surface area (Å²) in [6.45, 7) is 0. The maximum absolute atomic E-state index is 12.4. The summed E-state index contributed by atoms with van der Waals surface area (Å²) in [6, 6.07) is 12.9. The van der Waals surface area contributed by atoms with Gasteiger partial charge in [-0.15, -0.1) is 0 Å². The van der Waals surface area contributed by atoms with Crippen LogP contribution < -0.4 is 5.32 Å². The molecule has 0 heterocycles. The van der Waals surface area contributed by atoms with Crippen molar-refractivity contribution in [2.45, 2.75) is 24.8 Å². The van der Waals surface area contributed by atoms with Gasteiger partial charge < -0.3 is 5.32 Å². The van der Waals surface area contributed by atoms with Gasteiger partial charge in [-0.1, -0.05) is 53.0 Å². The third-order valence-corrected chi connectivity index (χ3v) is 4.96. The van der Waals surface area contributed by atoms with Crippen molar-refractivity contribution >= 4 is 40.7 Å².